The number of amides is 1. The average molecular weight is 446 g/mol. The monoisotopic (exact) mass is 445 g/mol. The SMILES string of the molecule is C=CCn1c(SCC(=O)NCc2cccs2)nc2sc3c(c2c1=O)CC[C@@H](C)C3. The highest BCUT2D eigenvalue weighted by atomic mass is 32.2. The molecule has 8 heteroatoms. The molecule has 0 saturated heterocycles. The maximum Gasteiger partial charge on any atom is 0.263 e. The lowest BCUT2D eigenvalue weighted by Crippen LogP contribution is -2.26. The first-order chi connectivity index (χ1) is 14.1. The van der Waals surface area contributed by atoms with Crippen molar-refractivity contribution in [3.63, 3.8) is 0 Å². The van der Waals surface area contributed by atoms with Crippen molar-refractivity contribution in [2.24, 2.45) is 5.92 Å². The summed E-state index contributed by atoms with van der Waals surface area (Å²) in [5, 5.41) is 6.26. The average Bonchev–Trinajstić information content (AvgIpc) is 3.34. The number of carbonyl (C=O) groups is 1. The van der Waals surface area contributed by atoms with Gasteiger partial charge in [-0.2, -0.15) is 0 Å². The van der Waals surface area contributed by atoms with Gasteiger partial charge in [-0.15, -0.1) is 29.3 Å². The van der Waals surface area contributed by atoms with Crippen LogP contribution in [0.1, 0.15) is 28.7 Å². The summed E-state index contributed by atoms with van der Waals surface area (Å²) in [6.07, 6.45) is 4.78. The third-order valence-electron chi connectivity index (χ3n) is 5.06. The fraction of sp³-hybridized carbons (Fsp3) is 0.381. The van der Waals surface area contributed by atoms with Crippen molar-refractivity contribution in [2.45, 2.75) is 44.4 Å². The van der Waals surface area contributed by atoms with E-state index in [1.54, 1.807) is 33.3 Å². The van der Waals surface area contributed by atoms with Gasteiger partial charge in [0.15, 0.2) is 5.16 Å². The molecule has 0 spiro atoms. The lowest BCUT2D eigenvalue weighted by molar-refractivity contribution is -0.118. The Morgan fingerprint density at radius 2 is 2.38 bits per heavy atom. The second-order valence-corrected chi connectivity index (χ2v) is 10.3. The van der Waals surface area contributed by atoms with Crippen molar-refractivity contribution in [1.82, 2.24) is 14.9 Å². The van der Waals surface area contributed by atoms with E-state index in [2.05, 4.69) is 18.8 Å². The highest BCUT2D eigenvalue weighted by Crippen LogP contribution is 2.36. The quantitative estimate of drug-likeness (QED) is 0.336. The lowest BCUT2D eigenvalue weighted by atomic mass is 9.89. The molecule has 3 heterocycles. The Labute approximate surface area is 181 Å². The number of fused-ring (bicyclic) bond motifs is 3. The van der Waals surface area contributed by atoms with Crippen LogP contribution in [0, 0.1) is 5.92 Å². The summed E-state index contributed by atoms with van der Waals surface area (Å²) >= 11 is 4.56. The van der Waals surface area contributed by atoms with Crippen LogP contribution in [-0.4, -0.2) is 21.2 Å². The number of hydrogen-bond acceptors (Lipinski definition) is 6. The Kier molecular flexibility index (Phi) is 6.22. The zero-order chi connectivity index (χ0) is 20.4. The van der Waals surface area contributed by atoms with Gasteiger partial charge in [0, 0.05) is 16.3 Å². The van der Waals surface area contributed by atoms with E-state index < -0.39 is 0 Å². The van der Waals surface area contributed by atoms with Gasteiger partial charge in [0.25, 0.3) is 5.56 Å². The zero-order valence-corrected chi connectivity index (χ0v) is 18.7. The fourth-order valence-corrected chi connectivity index (χ4v) is 6.49. The predicted octanol–water partition coefficient (Wildman–Crippen LogP) is 4.24. The van der Waals surface area contributed by atoms with Crippen molar-refractivity contribution in [2.75, 3.05) is 5.75 Å². The standard InChI is InChI=1S/C21H23N3O2S3/c1-3-8-24-20(26)18-15-7-6-13(2)10-16(15)29-19(18)23-21(24)28-12-17(25)22-11-14-5-4-9-27-14/h3-5,9,13H,1,6-8,10-12H2,2H3,(H,22,25)/t13-/m1/s1. The Hall–Kier alpha value is -1.90. The topological polar surface area (TPSA) is 64.0 Å². The number of aromatic nitrogens is 2. The van der Waals surface area contributed by atoms with Crippen LogP contribution in [-0.2, 0) is 30.7 Å². The smallest absolute Gasteiger partial charge is 0.263 e. The van der Waals surface area contributed by atoms with Gasteiger partial charge >= 0.3 is 0 Å². The van der Waals surface area contributed by atoms with E-state index in [0.717, 1.165) is 34.4 Å². The molecule has 0 aromatic carbocycles. The van der Waals surface area contributed by atoms with E-state index in [4.69, 9.17) is 4.98 Å². The van der Waals surface area contributed by atoms with Gasteiger partial charge < -0.3 is 5.32 Å². The van der Waals surface area contributed by atoms with E-state index in [1.807, 2.05) is 17.5 Å². The van der Waals surface area contributed by atoms with E-state index in [9.17, 15) is 9.59 Å². The van der Waals surface area contributed by atoms with Gasteiger partial charge in [0.05, 0.1) is 17.7 Å². The van der Waals surface area contributed by atoms with Crippen LogP contribution in [0.3, 0.4) is 0 Å². The van der Waals surface area contributed by atoms with Crippen LogP contribution >= 0.6 is 34.4 Å². The summed E-state index contributed by atoms with van der Waals surface area (Å²) in [6.45, 7) is 6.96. The third kappa shape index (κ3) is 4.34. The molecule has 152 valence electrons. The normalized spacial score (nSPS) is 16.0. The number of hydrogen-bond donors (Lipinski definition) is 1. The van der Waals surface area contributed by atoms with Gasteiger partial charge in [-0.1, -0.05) is 30.8 Å². The molecule has 1 aliphatic carbocycles. The molecule has 4 rings (SSSR count). The molecule has 3 aromatic heterocycles. The van der Waals surface area contributed by atoms with Crippen LogP contribution < -0.4 is 10.9 Å². The number of thioether (sulfide) groups is 1. The van der Waals surface area contributed by atoms with Gasteiger partial charge in [0.2, 0.25) is 5.91 Å². The first-order valence-corrected chi connectivity index (χ1v) is 12.3. The molecule has 0 saturated carbocycles. The van der Waals surface area contributed by atoms with E-state index in [-0.39, 0.29) is 17.2 Å². The minimum absolute atomic E-state index is 0.0107. The number of aryl methyl sites for hydroxylation is 1. The van der Waals surface area contributed by atoms with E-state index >= 15 is 0 Å². The number of nitrogens with one attached hydrogen (secondary N) is 1. The first kappa shape index (κ1) is 20.4. The maximum atomic E-state index is 13.2. The van der Waals surface area contributed by atoms with E-state index in [0.29, 0.717) is 24.2 Å². The Morgan fingerprint density at radius 3 is 3.14 bits per heavy atom. The van der Waals surface area contributed by atoms with Gasteiger partial charge in [-0.25, -0.2) is 4.98 Å². The van der Waals surface area contributed by atoms with Gasteiger partial charge in [-0.3, -0.25) is 14.2 Å². The number of allylic oxidation sites excluding steroid dienone is 1. The summed E-state index contributed by atoms with van der Waals surface area (Å²) < 4.78 is 1.65. The summed E-state index contributed by atoms with van der Waals surface area (Å²) in [5.41, 5.74) is 1.17. The van der Waals surface area contributed by atoms with Gasteiger partial charge in [0.1, 0.15) is 4.83 Å². The predicted molar refractivity (Wildman–Crippen MR) is 122 cm³/mol. The van der Waals surface area contributed by atoms with Crippen LogP contribution in [0.2, 0.25) is 0 Å². The van der Waals surface area contributed by atoms with Crippen LogP contribution in [0.5, 0.6) is 0 Å². The molecule has 0 unspecified atom stereocenters. The van der Waals surface area contributed by atoms with Crippen molar-refractivity contribution >= 4 is 50.6 Å². The molecule has 1 aliphatic rings. The number of nitrogens with zero attached hydrogens (tertiary/aromatic N) is 2. The summed E-state index contributed by atoms with van der Waals surface area (Å²) in [7, 11) is 0. The molecular weight excluding hydrogens is 422 g/mol. The Bertz CT molecular complexity index is 1100. The minimum atomic E-state index is -0.0674. The van der Waals surface area contributed by atoms with Gasteiger partial charge in [-0.05, 0) is 42.2 Å². The zero-order valence-electron chi connectivity index (χ0n) is 16.3. The van der Waals surface area contributed by atoms with Crippen LogP contribution in [0.4, 0.5) is 0 Å². The van der Waals surface area contributed by atoms with Crippen molar-refractivity contribution in [3.8, 4) is 0 Å². The molecular formula is C21H23N3O2S3. The van der Waals surface area contributed by atoms with Crippen molar-refractivity contribution < 1.29 is 4.79 Å². The molecule has 1 amide bonds. The minimum Gasteiger partial charge on any atom is -0.350 e. The second-order valence-electron chi connectivity index (χ2n) is 7.28. The number of carbonyl (C=O) groups excluding carboxylic acids is 1. The van der Waals surface area contributed by atoms with Crippen molar-refractivity contribution in [3.05, 3.63) is 55.8 Å². The van der Waals surface area contributed by atoms with Crippen LogP contribution in [0.15, 0.2) is 40.1 Å². The third-order valence-corrected chi connectivity index (χ3v) is 8.07. The first-order valence-electron chi connectivity index (χ1n) is 9.64. The Balaban J connectivity index is 1.58. The molecule has 1 N–H and O–H groups in total. The summed E-state index contributed by atoms with van der Waals surface area (Å²) in [6, 6.07) is 3.96. The highest BCUT2D eigenvalue weighted by Gasteiger charge is 2.24. The largest absolute Gasteiger partial charge is 0.350 e. The molecule has 0 radical (unpaired) electrons. The molecule has 5 nitrogen and oxygen atoms in total. The van der Waals surface area contributed by atoms with Crippen molar-refractivity contribution in [1.29, 1.82) is 0 Å². The summed E-state index contributed by atoms with van der Waals surface area (Å²) in [4.78, 5) is 33.5. The molecule has 0 bridgehead atoms. The molecule has 1 atom stereocenters. The molecule has 29 heavy (non-hydrogen) atoms. The Morgan fingerprint density at radius 1 is 1.52 bits per heavy atom. The number of rotatable bonds is 7. The molecule has 3 aromatic rings. The lowest BCUT2D eigenvalue weighted by Gasteiger charge is -2.17. The maximum absolute atomic E-state index is 13.2. The molecule has 0 aliphatic heterocycles. The van der Waals surface area contributed by atoms with E-state index in [1.165, 1.54) is 22.2 Å². The fourth-order valence-electron chi connectivity index (χ4n) is 3.59. The second kappa shape index (κ2) is 8.85. The summed E-state index contributed by atoms with van der Waals surface area (Å²) in [5.74, 6) is 0.803. The number of thiophene rings is 2. The molecule has 0 fully saturated rings. The highest BCUT2D eigenvalue weighted by molar-refractivity contribution is 7.99. The van der Waals surface area contributed by atoms with Crippen LogP contribution in [0.25, 0.3) is 10.2 Å².